The summed E-state index contributed by atoms with van der Waals surface area (Å²) in [6.07, 6.45) is 3.34. The van der Waals surface area contributed by atoms with Gasteiger partial charge >= 0.3 is 0 Å². The van der Waals surface area contributed by atoms with Gasteiger partial charge < -0.3 is 10.2 Å². The summed E-state index contributed by atoms with van der Waals surface area (Å²) in [5.74, 6) is 1.43. The summed E-state index contributed by atoms with van der Waals surface area (Å²) in [7, 11) is 0. The number of rotatable bonds is 3. The Morgan fingerprint density at radius 2 is 2.09 bits per heavy atom. The van der Waals surface area contributed by atoms with Crippen molar-refractivity contribution >= 4 is 23.6 Å². The van der Waals surface area contributed by atoms with Crippen LogP contribution in [0.4, 0.5) is 0 Å². The second-order valence-electron chi connectivity index (χ2n) is 5.95. The Morgan fingerprint density at radius 3 is 2.86 bits per heavy atom. The molecular formula is C17H22N2O2S. The third-order valence-corrected chi connectivity index (χ3v) is 5.51. The van der Waals surface area contributed by atoms with Crippen LogP contribution in [0.3, 0.4) is 0 Å². The number of aryl methyl sites for hydroxylation is 1. The monoisotopic (exact) mass is 318 g/mol. The summed E-state index contributed by atoms with van der Waals surface area (Å²) in [5.41, 5.74) is 2.73. The fourth-order valence-corrected chi connectivity index (χ4v) is 4.41. The Labute approximate surface area is 135 Å². The van der Waals surface area contributed by atoms with E-state index in [0.717, 1.165) is 19.3 Å². The maximum absolute atomic E-state index is 12.5. The summed E-state index contributed by atoms with van der Waals surface area (Å²) in [5, 5.41) is 3.16. The average Bonchev–Trinajstić information content (AvgIpc) is 3.03. The van der Waals surface area contributed by atoms with Gasteiger partial charge in [-0.15, -0.1) is 11.8 Å². The molecule has 0 bridgehead atoms. The lowest BCUT2D eigenvalue weighted by molar-refractivity contribution is -0.138. The molecule has 3 rings (SSSR count). The van der Waals surface area contributed by atoms with Crippen LogP contribution in [-0.2, 0) is 22.4 Å². The first kappa shape index (κ1) is 15.4. The van der Waals surface area contributed by atoms with Crippen LogP contribution in [0.2, 0.25) is 0 Å². The van der Waals surface area contributed by atoms with Gasteiger partial charge in [-0.3, -0.25) is 9.59 Å². The number of nitrogens with zero attached hydrogens (tertiary/aromatic N) is 1. The Hall–Kier alpha value is -1.49. The molecule has 1 heterocycles. The minimum atomic E-state index is -0.297. The molecule has 0 unspecified atom stereocenters. The van der Waals surface area contributed by atoms with Crippen LogP contribution in [0.15, 0.2) is 24.3 Å². The Kier molecular flexibility index (Phi) is 4.71. The fourth-order valence-electron chi connectivity index (χ4n) is 3.23. The smallest absolute Gasteiger partial charge is 0.243 e. The lowest BCUT2D eigenvalue weighted by Gasteiger charge is -2.28. The molecule has 0 spiro atoms. The van der Waals surface area contributed by atoms with Gasteiger partial charge in [-0.2, -0.15) is 0 Å². The summed E-state index contributed by atoms with van der Waals surface area (Å²) >= 11 is 1.66. The zero-order valence-corrected chi connectivity index (χ0v) is 13.7. The number of hydrogen-bond acceptors (Lipinski definition) is 3. The van der Waals surface area contributed by atoms with E-state index in [9.17, 15) is 9.59 Å². The number of carbonyl (C=O) groups is 2. The van der Waals surface area contributed by atoms with Crippen LogP contribution in [0.5, 0.6) is 0 Å². The molecule has 1 aliphatic carbocycles. The molecule has 22 heavy (non-hydrogen) atoms. The summed E-state index contributed by atoms with van der Waals surface area (Å²) in [6, 6.07) is 8.33. The van der Waals surface area contributed by atoms with Crippen molar-refractivity contribution in [2.45, 2.75) is 44.7 Å². The molecule has 0 aromatic heterocycles. The summed E-state index contributed by atoms with van der Waals surface area (Å²) in [6.45, 7) is 1.85. The molecule has 5 heteroatoms. The standard InChI is InChI=1S/C17H22N2O2S/c1-2-16(20)19-11-22-10-15(19)17(21)18-14-8-7-12-5-3-4-6-13(12)9-14/h3-6,14-15H,2,7-11H2,1H3,(H,18,21)/t14-,15-/m1/s1. The van der Waals surface area contributed by atoms with Gasteiger partial charge in [0.25, 0.3) is 0 Å². The molecule has 1 aromatic rings. The van der Waals surface area contributed by atoms with Crippen LogP contribution >= 0.6 is 11.8 Å². The molecule has 0 saturated carbocycles. The zero-order chi connectivity index (χ0) is 15.5. The van der Waals surface area contributed by atoms with E-state index in [-0.39, 0.29) is 23.9 Å². The molecule has 2 aliphatic rings. The lowest BCUT2D eigenvalue weighted by atomic mass is 9.88. The molecular weight excluding hydrogens is 296 g/mol. The van der Waals surface area contributed by atoms with Gasteiger partial charge in [0.2, 0.25) is 11.8 Å². The first-order valence-electron chi connectivity index (χ1n) is 7.93. The van der Waals surface area contributed by atoms with E-state index in [0.29, 0.717) is 18.1 Å². The zero-order valence-electron chi connectivity index (χ0n) is 12.9. The van der Waals surface area contributed by atoms with Crippen molar-refractivity contribution in [3.8, 4) is 0 Å². The van der Waals surface area contributed by atoms with E-state index in [1.54, 1.807) is 16.7 Å². The van der Waals surface area contributed by atoms with Gasteiger partial charge in [0, 0.05) is 18.2 Å². The first-order valence-corrected chi connectivity index (χ1v) is 9.09. The van der Waals surface area contributed by atoms with Crippen LogP contribution in [0.1, 0.15) is 30.9 Å². The first-order chi connectivity index (χ1) is 10.7. The normalized spacial score (nSPS) is 24.0. The van der Waals surface area contributed by atoms with Crippen molar-refractivity contribution in [3.63, 3.8) is 0 Å². The molecule has 4 nitrogen and oxygen atoms in total. The van der Waals surface area contributed by atoms with E-state index >= 15 is 0 Å². The maximum Gasteiger partial charge on any atom is 0.243 e. The van der Waals surface area contributed by atoms with Gasteiger partial charge in [0.15, 0.2) is 0 Å². The van der Waals surface area contributed by atoms with Crippen molar-refractivity contribution in [1.82, 2.24) is 10.2 Å². The van der Waals surface area contributed by atoms with Crippen molar-refractivity contribution in [2.75, 3.05) is 11.6 Å². The molecule has 2 amide bonds. The third-order valence-electron chi connectivity index (χ3n) is 4.50. The molecule has 1 saturated heterocycles. The Bertz CT molecular complexity index is 576. The Morgan fingerprint density at radius 1 is 1.32 bits per heavy atom. The summed E-state index contributed by atoms with van der Waals surface area (Å²) in [4.78, 5) is 26.2. The average molecular weight is 318 g/mol. The SMILES string of the molecule is CCC(=O)N1CSC[C@@H]1C(=O)N[C@@H]1CCc2ccccc2C1. The predicted octanol–water partition coefficient (Wildman–Crippen LogP) is 1.97. The number of thioether (sulfide) groups is 1. The number of hydrogen-bond donors (Lipinski definition) is 1. The molecule has 1 aliphatic heterocycles. The Balaban J connectivity index is 1.62. The van der Waals surface area contributed by atoms with E-state index in [4.69, 9.17) is 0 Å². The number of nitrogens with one attached hydrogen (secondary N) is 1. The highest BCUT2D eigenvalue weighted by atomic mass is 32.2. The number of amides is 2. The molecule has 1 aromatic carbocycles. The molecule has 1 fully saturated rings. The van der Waals surface area contributed by atoms with E-state index < -0.39 is 0 Å². The third kappa shape index (κ3) is 3.14. The minimum Gasteiger partial charge on any atom is -0.351 e. The molecule has 2 atom stereocenters. The van der Waals surface area contributed by atoms with Crippen molar-refractivity contribution in [2.24, 2.45) is 0 Å². The van der Waals surface area contributed by atoms with Crippen LogP contribution in [0, 0.1) is 0 Å². The fraction of sp³-hybridized carbons (Fsp3) is 0.529. The van der Waals surface area contributed by atoms with Gasteiger partial charge in [-0.05, 0) is 30.4 Å². The van der Waals surface area contributed by atoms with Crippen molar-refractivity contribution in [3.05, 3.63) is 35.4 Å². The highest BCUT2D eigenvalue weighted by Crippen LogP contribution is 2.24. The quantitative estimate of drug-likeness (QED) is 0.927. The second-order valence-corrected chi connectivity index (χ2v) is 6.95. The lowest BCUT2D eigenvalue weighted by Crippen LogP contribution is -2.50. The van der Waals surface area contributed by atoms with Gasteiger partial charge in [-0.25, -0.2) is 0 Å². The van der Waals surface area contributed by atoms with Gasteiger partial charge in [-0.1, -0.05) is 31.2 Å². The topological polar surface area (TPSA) is 49.4 Å². The van der Waals surface area contributed by atoms with Gasteiger partial charge in [0.1, 0.15) is 6.04 Å². The second kappa shape index (κ2) is 6.73. The van der Waals surface area contributed by atoms with E-state index in [2.05, 4.69) is 29.6 Å². The number of carbonyl (C=O) groups excluding carboxylic acids is 2. The van der Waals surface area contributed by atoms with Crippen LogP contribution in [-0.4, -0.2) is 40.4 Å². The van der Waals surface area contributed by atoms with Crippen LogP contribution < -0.4 is 5.32 Å². The highest BCUT2D eigenvalue weighted by molar-refractivity contribution is 7.99. The predicted molar refractivity (Wildman–Crippen MR) is 88.6 cm³/mol. The minimum absolute atomic E-state index is 0.0104. The van der Waals surface area contributed by atoms with Crippen molar-refractivity contribution < 1.29 is 9.59 Å². The largest absolute Gasteiger partial charge is 0.351 e. The van der Waals surface area contributed by atoms with E-state index in [1.807, 2.05) is 6.92 Å². The molecule has 1 N–H and O–H groups in total. The number of fused-ring (bicyclic) bond motifs is 1. The summed E-state index contributed by atoms with van der Waals surface area (Å²) < 4.78 is 0. The molecule has 118 valence electrons. The van der Waals surface area contributed by atoms with E-state index in [1.165, 1.54) is 11.1 Å². The van der Waals surface area contributed by atoms with Gasteiger partial charge in [0.05, 0.1) is 5.88 Å². The van der Waals surface area contributed by atoms with Crippen molar-refractivity contribution in [1.29, 1.82) is 0 Å². The maximum atomic E-state index is 12.5. The molecule has 0 radical (unpaired) electrons. The number of benzene rings is 1. The van der Waals surface area contributed by atoms with Crippen LogP contribution in [0.25, 0.3) is 0 Å². The highest BCUT2D eigenvalue weighted by Gasteiger charge is 2.35.